The molecule has 0 atom stereocenters. The minimum absolute atomic E-state index is 0.0388. The van der Waals surface area contributed by atoms with Gasteiger partial charge >= 0.3 is 6.03 Å². The molecule has 1 saturated heterocycles. The summed E-state index contributed by atoms with van der Waals surface area (Å²) in [6, 6.07) is -0.0388. The normalized spacial score (nSPS) is 21.9. The van der Waals surface area contributed by atoms with Crippen molar-refractivity contribution in [3.05, 3.63) is 0 Å². The van der Waals surface area contributed by atoms with Gasteiger partial charge in [-0.3, -0.25) is 0 Å². The van der Waals surface area contributed by atoms with Crippen molar-refractivity contribution in [2.24, 2.45) is 5.92 Å². The lowest BCUT2D eigenvalue weighted by Gasteiger charge is -2.19. The molecule has 3 heteroatoms. The van der Waals surface area contributed by atoms with E-state index >= 15 is 0 Å². The number of amides is 2. The smallest absolute Gasteiger partial charge is 0.314 e. The van der Waals surface area contributed by atoms with Gasteiger partial charge in [-0.15, -0.1) is 0 Å². The van der Waals surface area contributed by atoms with E-state index in [1.807, 2.05) is 0 Å². The van der Waals surface area contributed by atoms with Crippen molar-refractivity contribution in [1.82, 2.24) is 10.6 Å². The van der Waals surface area contributed by atoms with E-state index in [1.54, 1.807) is 0 Å². The Kier molecular flexibility index (Phi) is 1.37. The van der Waals surface area contributed by atoms with E-state index in [9.17, 15) is 4.79 Å². The van der Waals surface area contributed by atoms with Gasteiger partial charge in [0.1, 0.15) is 0 Å². The summed E-state index contributed by atoms with van der Waals surface area (Å²) in [6.45, 7) is 3.71. The van der Waals surface area contributed by atoms with Gasteiger partial charge < -0.3 is 10.6 Å². The molecule has 1 aliphatic heterocycles. The van der Waals surface area contributed by atoms with Crippen LogP contribution in [0.25, 0.3) is 0 Å². The van der Waals surface area contributed by atoms with E-state index in [1.165, 1.54) is 0 Å². The minimum atomic E-state index is -0.0388. The highest BCUT2D eigenvalue weighted by Crippen LogP contribution is 1.92. The van der Waals surface area contributed by atoms with Crippen LogP contribution in [0.2, 0.25) is 0 Å². The Bertz CT molecular complexity index is 92.6. The van der Waals surface area contributed by atoms with Gasteiger partial charge in [0.25, 0.3) is 0 Å². The third-order valence-corrected chi connectivity index (χ3v) is 1.22. The summed E-state index contributed by atoms with van der Waals surface area (Å²) in [5.74, 6) is 0.577. The van der Waals surface area contributed by atoms with Gasteiger partial charge in [-0.2, -0.15) is 0 Å². The molecule has 0 spiro atoms. The summed E-state index contributed by atoms with van der Waals surface area (Å²) in [6.07, 6.45) is 0. The number of urea groups is 1. The van der Waals surface area contributed by atoms with E-state index in [-0.39, 0.29) is 6.03 Å². The van der Waals surface area contributed by atoms with Gasteiger partial charge in [-0.25, -0.2) is 4.79 Å². The fourth-order valence-corrected chi connectivity index (χ4v) is 0.669. The first kappa shape index (κ1) is 5.41. The quantitative estimate of drug-likeness (QED) is 0.455. The molecule has 0 aliphatic carbocycles. The number of rotatable bonds is 0. The molecule has 2 N–H and O–H groups in total. The Morgan fingerprint density at radius 1 is 1.50 bits per heavy atom. The molecule has 0 aromatic heterocycles. The summed E-state index contributed by atoms with van der Waals surface area (Å²) in [4.78, 5) is 10.4. The lowest BCUT2D eigenvalue weighted by molar-refractivity contribution is 0.230. The summed E-state index contributed by atoms with van der Waals surface area (Å²) < 4.78 is 0. The Balaban J connectivity index is 2.29. The zero-order valence-electron chi connectivity index (χ0n) is 4.90. The number of hydrogen-bond acceptors (Lipinski definition) is 1. The summed E-state index contributed by atoms with van der Waals surface area (Å²) in [5.41, 5.74) is 0. The Labute approximate surface area is 48.5 Å². The lowest BCUT2D eigenvalue weighted by atomic mass is 10.1. The molecule has 0 bridgehead atoms. The first-order valence-corrected chi connectivity index (χ1v) is 2.81. The summed E-state index contributed by atoms with van der Waals surface area (Å²) >= 11 is 0. The van der Waals surface area contributed by atoms with Crippen molar-refractivity contribution in [1.29, 1.82) is 0 Å². The van der Waals surface area contributed by atoms with E-state index in [4.69, 9.17) is 0 Å². The molecule has 1 heterocycles. The monoisotopic (exact) mass is 114 g/mol. The zero-order valence-corrected chi connectivity index (χ0v) is 4.90. The Morgan fingerprint density at radius 3 is 2.38 bits per heavy atom. The zero-order chi connectivity index (χ0) is 5.98. The molecule has 2 amide bonds. The van der Waals surface area contributed by atoms with Crippen molar-refractivity contribution in [2.75, 3.05) is 13.1 Å². The second kappa shape index (κ2) is 2.03. The van der Waals surface area contributed by atoms with E-state index in [0.29, 0.717) is 5.92 Å². The Morgan fingerprint density at radius 2 is 2.00 bits per heavy atom. The van der Waals surface area contributed by atoms with Crippen LogP contribution in [0.3, 0.4) is 0 Å². The molecule has 8 heavy (non-hydrogen) atoms. The van der Waals surface area contributed by atoms with E-state index < -0.39 is 0 Å². The predicted molar refractivity (Wildman–Crippen MR) is 30.6 cm³/mol. The van der Waals surface area contributed by atoms with E-state index in [2.05, 4.69) is 17.6 Å². The average molecular weight is 114 g/mol. The van der Waals surface area contributed by atoms with Gasteiger partial charge in [-0.1, -0.05) is 6.92 Å². The van der Waals surface area contributed by atoms with Crippen LogP contribution in [0, 0.1) is 5.92 Å². The fourth-order valence-electron chi connectivity index (χ4n) is 0.669. The molecule has 0 aromatic rings. The van der Waals surface area contributed by atoms with Crippen molar-refractivity contribution in [3.63, 3.8) is 0 Å². The minimum Gasteiger partial charge on any atom is -0.338 e. The third-order valence-electron chi connectivity index (χ3n) is 1.22. The molecule has 1 fully saturated rings. The molecule has 3 nitrogen and oxygen atoms in total. The molecule has 0 aromatic carbocycles. The molecule has 1 rings (SSSR count). The highest BCUT2D eigenvalue weighted by Gasteiger charge is 2.10. The van der Waals surface area contributed by atoms with Crippen LogP contribution in [0.1, 0.15) is 6.92 Å². The average Bonchev–Trinajstić information content (AvgIpc) is 1.77. The number of hydrogen-bond donors (Lipinski definition) is 2. The van der Waals surface area contributed by atoms with Crippen LogP contribution in [0.4, 0.5) is 4.79 Å². The van der Waals surface area contributed by atoms with Gasteiger partial charge in [0.2, 0.25) is 0 Å². The second-order valence-electron chi connectivity index (χ2n) is 2.20. The third kappa shape index (κ3) is 1.12. The standard InChI is InChI=1S/C5H10N2O/c1-4-2-6-5(8)7-3-4/h4H,2-3H2,1H3,(H2,6,7,8). The predicted octanol–water partition coefficient (Wildman–Crippen LogP) is -0.0647. The fraction of sp³-hybridized carbons (Fsp3) is 0.800. The van der Waals surface area contributed by atoms with Gasteiger partial charge in [0.15, 0.2) is 0 Å². The first-order chi connectivity index (χ1) is 3.79. The molecular formula is C5H10N2O. The SMILES string of the molecule is CC1CNC(=O)NC1. The summed E-state index contributed by atoms with van der Waals surface area (Å²) in [5, 5.41) is 5.36. The molecule has 46 valence electrons. The van der Waals surface area contributed by atoms with Crippen molar-refractivity contribution in [3.8, 4) is 0 Å². The lowest BCUT2D eigenvalue weighted by Crippen LogP contribution is -2.47. The highest BCUT2D eigenvalue weighted by molar-refractivity contribution is 5.74. The number of carbonyl (C=O) groups excluding carboxylic acids is 1. The maximum atomic E-state index is 10.4. The van der Waals surface area contributed by atoms with Crippen molar-refractivity contribution < 1.29 is 4.79 Å². The van der Waals surface area contributed by atoms with Crippen LogP contribution in [-0.2, 0) is 0 Å². The Hall–Kier alpha value is -0.730. The summed E-state index contributed by atoms with van der Waals surface area (Å²) in [7, 11) is 0. The maximum Gasteiger partial charge on any atom is 0.314 e. The molecule has 1 aliphatic rings. The molecule has 0 saturated carbocycles. The number of carbonyl (C=O) groups is 1. The topological polar surface area (TPSA) is 41.1 Å². The highest BCUT2D eigenvalue weighted by atomic mass is 16.2. The number of nitrogens with one attached hydrogen (secondary N) is 2. The second-order valence-corrected chi connectivity index (χ2v) is 2.20. The van der Waals surface area contributed by atoms with Crippen LogP contribution in [0.5, 0.6) is 0 Å². The van der Waals surface area contributed by atoms with Gasteiger partial charge in [0, 0.05) is 13.1 Å². The van der Waals surface area contributed by atoms with Crippen molar-refractivity contribution >= 4 is 6.03 Å². The molecular weight excluding hydrogens is 104 g/mol. The van der Waals surface area contributed by atoms with Crippen LogP contribution >= 0.6 is 0 Å². The van der Waals surface area contributed by atoms with Crippen LogP contribution < -0.4 is 10.6 Å². The van der Waals surface area contributed by atoms with Gasteiger partial charge in [-0.05, 0) is 5.92 Å². The maximum absolute atomic E-state index is 10.4. The van der Waals surface area contributed by atoms with Gasteiger partial charge in [0.05, 0.1) is 0 Å². The van der Waals surface area contributed by atoms with Crippen molar-refractivity contribution in [2.45, 2.75) is 6.92 Å². The van der Waals surface area contributed by atoms with E-state index in [0.717, 1.165) is 13.1 Å². The largest absolute Gasteiger partial charge is 0.338 e. The molecule has 0 radical (unpaired) electrons. The van der Waals surface area contributed by atoms with Crippen LogP contribution in [0.15, 0.2) is 0 Å². The molecule has 0 unspecified atom stereocenters. The van der Waals surface area contributed by atoms with Crippen LogP contribution in [-0.4, -0.2) is 19.1 Å². The first-order valence-electron chi connectivity index (χ1n) is 2.81.